The van der Waals surface area contributed by atoms with Crippen molar-refractivity contribution in [1.82, 2.24) is 14.9 Å². The number of hydrogen-bond donors (Lipinski definition) is 2. The van der Waals surface area contributed by atoms with Crippen molar-refractivity contribution in [3.8, 4) is 6.07 Å². The molecule has 3 N–H and O–H groups in total. The van der Waals surface area contributed by atoms with Crippen LogP contribution in [0.1, 0.15) is 33.9 Å². The molecule has 7 nitrogen and oxygen atoms in total. The van der Waals surface area contributed by atoms with Gasteiger partial charge in [-0.1, -0.05) is 18.2 Å². The molecule has 1 saturated heterocycles. The summed E-state index contributed by atoms with van der Waals surface area (Å²) in [6.45, 7) is 2.97. The molecule has 2 heterocycles. The number of nitriles is 1. The van der Waals surface area contributed by atoms with Crippen molar-refractivity contribution in [2.45, 2.75) is 12.5 Å². The fourth-order valence-electron chi connectivity index (χ4n) is 3.41. The van der Waals surface area contributed by atoms with Crippen molar-refractivity contribution in [2.24, 2.45) is 5.73 Å². The Bertz CT molecular complexity index is 1050. The first-order valence-corrected chi connectivity index (χ1v) is 9.18. The van der Waals surface area contributed by atoms with Crippen molar-refractivity contribution in [2.75, 3.05) is 25.0 Å². The third kappa shape index (κ3) is 3.50. The van der Waals surface area contributed by atoms with E-state index in [4.69, 9.17) is 11.0 Å². The van der Waals surface area contributed by atoms with Crippen LogP contribution in [-0.4, -0.2) is 40.4 Å². The molecule has 0 radical (unpaired) electrons. The van der Waals surface area contributed by atoms with Gasteiger partial charge in [0.25, 0.3) is 5.91 Å². The largest absolute Gasteiger partial charge is 0.366 e. The average Bonchev–Trinajstić information content (AvgIpc) is 2.69. The number of nitrogens with one attached hydrogen (secondary N) is 1. The number of para-hydroxylation sites is 1. The van der Waals surface area contributed by atoms with Gasteiger partial charge in [0.15, 0.2) is 0 Å². The second-order valence-electron chi connectivity index (χ2n) is 6.87. The van der Waals surface area contributed by atoms with Crippen LogP contribution in [0, 0.1) is 11.3 Å². The van der Waals surface area contributed by atoms with Crippen LogP contribution in [0.5, 0.6) is 0 Å². The number of aromatic nitrogens is 2. The van der Waals surface area contributed by atoms with E-state index >= 15 is 0 Å². The lowest BCUT2D eigenvalue weighted by atomic mass is 10.0. The zero-order valence-corrected chi connectivity index (χ0v) is 15.3. The molecule has 1 amide bonds. The van der Waals surface area contributed by atoms with E-state index in [1.807, 2.05) is 30.3 Å². The lowest BCUT2D eigenvalue weighted by molar-refractivity contribution is 0.100. The van der Waals surface area contributed by atoms with E-state index < -0.39 is 5.91 Å². The van der Waals surface area contributed by atoms with Crippen LogP contribution in [-0.2, 0) is 0 Å². The van der Waals surface area contributed by atoms with Crippen LogP contribution >= 0.6 is 0 Å². The molecule has 4 rings (SSSR count). The van der Waals surface area contributed by atoms with Gasteiger partial charge in [0.05, 0.1) is 28.8 Å². The molecule has 7 heteroatoms. The van der Waals surface area contributed by atoms with Gasteiger partial charge in [-0.3, -0.25) is 4.79 Å². The predicted molar refractivity (Wildman–Crippen MR) is 107 cm³/mol. The molecule has 0 aliphatic carbocycles. The van der Waals surface area contributed by atoms with Crippen molar-refractivity contribution >= 4 is 22.6 Å². The molecule has 1 fully saturated rings. The Labute approximate surface area is 162 Å². The lowest BCUT2D eigenvalue weighted by Gasteiger charge is -2.34. The van der Waals surface area contributed by atoms with E-state index in [2.05, 4.69) is 26.3 Å². The standard InChI is InChI=1S/C21H20N6O/c22-11-14-5-7-15(8-6-14)18(12-27-9-2-10-27)26-21-17-4-1-3-16(20(23)28)19(17)24-13-25-21/h1,3-8,13,18H,2,9-10,12H2,(H2,23,28)(H,24,25,26). The molecule has 1 aliphatic rings. The molecule has 0 spiro atoms. The number of hydrogen-bond acceptors (Lipinski definition) is 6. The first-order chi connectivity index (χ1) is 13.7. The fraction of sp³-hybridized carbons (Fsp3) is 0.238. The summed E-state index contributed by atoms with van der Waals surface area (Å²) in [6, 6.07) is 15.0. The van der Waals surface area contributed by atoms with Crippen LogP contribution in [0.15, 0.2) is 48.8 Å². The molecule has 2 aromatic carbocycles. The minimum absolute atomic E-state index is 0.0108. The van der Waals surface area contributed by atoms with E-state index in [0.29, 0.717) is 22.5 Å². The molecule has 28 heavy (non-hydrogen) atoms. The molecule has 1 unspecified atom stereocenters. The van der Waals surface area contributed by atoms with Gasteiger partial charge in [0.2, 0.25) is 0 Å². The molecule has 1 atom stereocenters. The Morgan fingerprint density at radius 2 is 2.00 bits per heavy atom. The molecule has 0 saturated carbocycles. The zero-order valence-electron chi connectivity index (χ0n) is 15.3. The van der Waals surface area contributed by atoms with Gasteiger partial charge in [-0.25, -0.2) is 9.97 Å². The van der Waals surface area contributed by atoms with Crippen LogP contribution in [0.4, 0.5) is 5.82 Å². The normalized spacial score (nSPS) is 14.8. The van der Waals surface area contributed by atoms with E-state index in [-0.39, 0.29) is 6.04 Å². The Balaban J connectivity index is 1.70. The number of nitrogens with two attached hydrogens (primary N) is 1. The summed E-state index contributed by atoms with van der Waals surface area (Å²) >= 11 is 0. The topological polar surface area (TPSA) is 108 Å². The summed E-state index contributed by atoms with van der Waals surface area (Å²) in [5.74, 6) is 0.141. The summed E-state index contributed by atoms with van der Waals surface area (Å²) in [6.07, 6.45) is 2.65. The Morgan fingerprint density at radius 3 is 2.64 bits per heavy atom. The average molecular weight is 372 g/mol. The number of amides is 1. The monoisotopic (exact) mass is 372 g/mol. The van der Waals surface area contributed by atoms with Gasteiger partial charge in [-0.15, -0.1) is 0 Å². The van der Waals surface area contributed by atoms with E-state index in [1.54, 1.807) is 12.1 Å². The highest BCUT2D eigenvalue weighted by molar-refractivity contribution is 6.06. The van der Waals surface area contributed by atoms with Gasteiger partial charge in [0.1, 0.15) is 12.1 Å². The van der Waals surface area contributed by atoms with Crippen LogP contribution in [0.2, 0.25) is 0 Å². The maximum atomic E-state index is 11.7. The van der Waals surface area contributed by atoms with Gasteiger partial charge in [-0.2, -0.15) is 5.26 Å². The number of carbonyl (C=O) groups excluding carboxylic acids is 1. The lowest BCUT2D eigenvalue weighted by Crippen LogP contribution is -2.41. The third-order valence-corrected chi connectivity index (χ3v) is 5.07. The molecule has 0 bridgehead atoms. The second kappa shape index (κ2) is 7.62. The minimum atomic E-state index is -0.514. The number of carbonyl (C=O) groups is 1. The van der Waals surface area contributed by atoms with E-state index in [1.165, 1.54) is 12.7 Å². The zero-order chi connectivity index (χ0) is 19.5. The van der Waals surface area contributed by atoms with Crippen LogP contribution in [0.25, 0.3) is 10.9 Å². The van der Waals surface area contributed by atoms with Crippen molar-refractivity contribution in [1.29, 1.82) is 5.26 Å². The fourth-order valence-corrected chi connectivity index (χ4v) is 3.41. The van der Waals surface area contributed by atoms with Gasteiger partial charge < -0.3 is 16.0 Å². The van der Waals surface area contributed by atoms with Gasteiger partial charge in [-0.05, 0) is 49.3 Å². The Morgan fingerprint density at radius 1 is 1.21 bits per heavy atom. The first kappa shape index (κ1) is 17.9. The number of rotatable bonds is 6. The molecule has 1 aromatic heterocycles. The predicted octanol–water partition coefficient (Wildman–Crippen LogP) is 2.46. The number of primary amides is 1. The highest BCUT2D eigenvalue weighted by Crippen LogP contribution is 2.27. The maximum Gasteiger partial charge on any atom is 0.250 e. The first-order valence-electron chi connectivity index (χ1n) is 9.18. The van der Waals surface area contributed by atoms with Crippen LogP contribution in [0.3, 0.4) is 0 Å². The highest BCUT2D eigenvalue weighted by Gasteiger charge is 2.22. The molecule has 1 aliphatic heterocycles. The number of benzene rings is 2. The highest BCUT2D eigenvalue weighted by atomic mass is 16.1. The summed E-state index contributed by atoms with van der Waals surface area (Å²) in [5.41, 5.74) is 8.10. The van der Waals surface area contributed by atoms with E-state index in [0.717, 1.165) is 30.6 Å². The Hall–Kier alpha value is -3.50. The number of anilines is 1. The summed E-state index contributed by atoms with van der Waals surface area (Å²) in [4.78, 5) is 22.8. The van der Waals surface area contributed by atoms with E-state index in [9.17, 15) is 4.79 Å². The molecule has 140 valence electrons. The molecular formula is C21H20N6O. The summed E-state index contributed by atoms with van der Waals surface area (Å²) in [7, 11) is 0. The second-order valence-corrected chi connectivity index (χ2v) is 6.87. The number of likely N-dealkylation sites (tertiary alicyclic amines) is 1. The van der Waals surface area contributed by atoms with Crippen molar-refractivity contribution in [3.05, 3.63) is 65.5 Å². The smallest absolute Gasteiger partial charge is 0.250 e. The molecule has 3 aromatic rings. The minimum Gasteiger partial charge on any atom is -0.366 e. The quantitative estimate of drug-likeness (QED) is 0.688. The Kier molecular flexibility index (Phi) is 4.87. The van der Waals surface area contributed by atoms with Crippen molar-refractivity contribution < 1.29 is 4.79 Å². The SMILES string of the molecule is N#Cc1ccc(C(CN2CCC2)Nc2ncnc3c(C(N)=O)cccc23)cc1. The van der Waals surface area contributed by atoms with Crippen LogP contribution < -0.4 is 11.1 Å². The number of fused-ring (bicyclic) bond motifs is 1. The summed E-state index contributed by atoms with van der Waals surface area (Å²) < 4.78 is 0. The molecular weight excluding hydrogens is 352 g/mol. The van der Waals surface area contributed by atoms with Gasteiger partial charge in [0, 0.05) is 11.9 Å². The third-order valence-electron chi connectivity index (χ3n) is 5.07. The van der Waals surface area contributed by atoms with Gasteiger partial charge >= 0.3 is 0 Å². The number of nitrogens with zero attached hydrogens (tertiary/aromatic N) is 4. The maximum absolute atomic E-state index is 11.7. The van der Waals surface area contributed by atoms with Crippen molar-refractivity contribution in [3.63, 3.8) is 0 Å². The summed E-state index contributed by atoms with van der Waals surface area (Å²) in [5, 5.41) is 13.3.